The third-order valence-electron chi connectivity index (χ3n) is 5.22. The molecule has 1 N–H and O–H groups in total. The van der Waals surface area contributed by atoms with Gasteiger partial charge in [-0.1, -0.05) is 36.4 Å². The van der Waals surface area contributed by atoms with E-state index in [1.165, 1.54) is 12.1 Å². The quantitative estimate of drug-likeness (QED) is 0.334. The maximum absolute atomic E-state index is 12.6. The van der Waals surface area contributed by atoms with Gasteiger partial charge in [0.25, 0.3) is 11.6 Å². The zero-order valence-electron chi connectivity index (χ0n) is 16.9. The average molecular weight is 404 g/mol. The van der Waals surface area contributed by atoms with Crippen LogP contribution in [0.1, 0.15) is 43.4 Å². The summed E-state index contributed by atoms with van der Waals surface area (Å²) in [4.78, 5) is 25.8. The van der Waals surface area contributed by atoms with E-state index in [-0.39, 0.29) is 17.3 Å². The topological polar surface area (TPSA) is 99.3 Å². The molecule has 1 saturated heterocycles. The Hall–Kier alpha value is -3.66. The molecule has 1 aliphatic heterocycles. The monoisotopic (exact) mass is 404 g/mol. The third-order valence-corrected chi connectivity index (χ3v) is 5.22. The third kappa shape index (κ3) is 5.03. The highest BCUT2D eigenvalue weighted by Crippen LogP contribution is 2.32. The molecular weight excluding hydrogens is 380 g/mol. The molecule has 3 rings (SSSR count). The van der Waals surface area contributed by atoms with Gasteiger partial charge in [0, 0.05) is 19.2 Å². The number of nitriles is 1. The smallest absolute Gasteiger partial charge is 0.293 e. The predicted molar refractivity (Wildman–Crippen MR) is 116 cm³/mol. The minimum atomic E-state index is -0.517. The van der Waals surface area contributed by atoms with Crippen molar-refractivity contribution in [2.45, 2.75) is 32.2 Å². The lowest BCUT2D eigenvalue weighted by Gasteiger charge is -2.28. The molecule has 154 valence electrons. The fraction of sp³-hybridized carbons (Fsp3) is 0.304. The number of benzene rings is 2. The Morgan fingerprint density at radius 3 is 2.53 bits per heavy atom. The number of nitro benzene ring substituents is 1. The van der Waals surface area contributed by atoms with E-state index in [1.807, 2.05) is 48.2 Å². The van der Waals surface area contributed by atoms with Crippen molar-refractivity contribution in [3.63, 3.8) is 0 Å². The molecule has 2 aromatic rings. The Labute approximate surface area is 175 Å². The molecule has 1 heterocycles. The Bertz CT molecular complexity index is 989. The van der Waals surface area contributed by atoms with Gasteiger partial charge < -0.3 is 10.2 Å². The summed E-state index contributed by atoms with van der Waals surface area (Å²) in [7, 11) is 0. The van der Waals surface area contributed by atoms with Crippen LogP contribution in [0.15, 0.2) is 54.1 Å². The van der Waals surface area contributed by atoms with Gasteiger partial charge in [-0.3, -0.25) is 14.9 Å². The van der Waals surface area contributed by atoms with Gasteiger partial charge in [0.05, 0.1) is 11.0 Å². The molecule has 0 aliphatic carbocycles. The molecule has 7 nitrogen and oxygen atoms in total. The molecule has 0 bridgehead atoms. The van der Waals surface area contributed by atoms with Crippen molar-refractivity contribution in [3.05, 3.63) is 75.3 Å². The zero-order chi connectivity index (χ0) is 21.5. The SMILES string of the molecule is C[C@H](NC(=O)/C(C#N)=C/c1ccc(N2CCCCC2)c([N+](=O)[O-])c1)c1ccccc1. The predicted octanol–water partition coefficient (Wildman–Crippen LogP) is 4.37. The summed E-state index contributed by atoms with van der Waals surface area (Å²) in [5.41, 5.74) is 1.84. The minimum Gasteiger partial charge on any atom is -0.366 e. The maximum atomic E-state index is 12.6. The van der Waals surface area contributed by atoms with E-state index in [0.717, 1.165) is 37.9 Å². The fourth-order valence-corrected chi connectivity index (χ4v) is 3.59. The number of nitrogens with zero attached hydrogens (tertiary/aromatic N) is 3. The van der Waals surface area contributed by atoms with Crippen LogP contribution in [0, 0.1) is 21.4 Å². The van der Waals surface area contributed by atoms with E-state index in [1.54, 1.807) is 12.1 Å². The molecule has 0 unspecified atom stereocenters. The van der Waals surface area contributed by atoms with Gasteiger partial charge in [0.15, 0.2) is 0 Å². The van der Waals surface area contributed by atoms with Crippen LogP contribution in [0.2, 0.25) is 0 Å². The second-order valence-corrected chi connectivity index (χ2v) is 7.33. The number of nitro groups is 1. The van der Waals surface area contributed by atoms with Crippen LogP contribution in [0.4, 0.5) is 11.4 Å². The van der Waals surface area contributed by atoms with Gasteiger partial charge in [0.1, 0.15) is 17.3 Å². The Morgan fingerprint density at radius 2 is 1.90 bits per heavy atom. The van der Waals surface area contributed by atoms with Gasteiger partial charge >= 0.3 is 0 Å². The highest BCUT2D eigenvalue weighted by Gasteiger charge is 2.22. The summed E-state index contributed by atoms with van der Waals surface area (Å²) in [6, 6.07) is 15.9. The molecule has 1 aliphatic rings. The lowest BCUT2D eigenvalue weighted by Crippen LogP contribution is -2.29. The first-order valence-corrected chi connectivity index (χ1v) is 10.0. The summed E-state index contributed by atoms with van der Waals surface area (Å²) in [5.74, 6) is -0.517. The van der Waals surface area contributed by atoms with Crippen molar-refractivity contribution in [2.24, 2.45) is 0 Å². The number of amides is 1. The molecule has 0 radical (unpaired) electrons. The molecule has 0 saturated carbocycles. The van der Waals surface area contributed by atoms with E-state index in [4.69, 9.17) is 0 Å². The van der Waals surface area contributed by atoms with E-state index in [2.05, 4.69) is 5.32 Å². The fourth-order valence-electron chi connectivity index (χ4n) is 3.59. The van der Waals surface area contributed by atoms with Gasteiger partial charge in [-0.05, 0) is 49.5 Å². The molecule has 1 fully saturated rings. The van der Waals surface area contributed by atoms with Crippen LogP contribution in [-0.4, -0.2) is 23.9 Å². The Balaban J connectivity index is 1.82. The summed E-state index contributed by atoms with van der Waals surface area (Å²) in [5, 5.41) is 23.9. The number of hydrogen-bond donors (Lipinski definition) is 1. The molecule has 1 atom stereocenters. The van der Waals surface area contributed by atoms with E-state index in [0.29, 0.717) is 11.3 Å². The van der Waals surface area contributed by atoms with Crippen molar-refractivity contribution in [2.75, 3.05) is 18.0 Å². The van der Waals surface area contributed by atoms with Crippen molar-refractivity contribution in [3.8, 4) is 6.07 Å². The van der Waals surface area contributed by atoms with Crippen molar-refractivity contribution >= 4 is 23.4 Å². The highest BCUT2D eigenvalue weighted by atomic mass is 16.6. The zero-order valence-corrected chi connectivity index (χ0v) is 16.9. The average Bonchev–Trinajstić information content (AvgIpc) is 2.78. The largest absolute Gasteiger partial charge is 0.366 e. The van der Waals surface area contributed by atoms with Crippen molar-refractivity contribution in [1.82, 2.24) is 5.32 Å². The van der Waals surface area contributed by atoms with E-state index in [9.17, 15) is 20.2 Å². The summed E-state index contributed by atoms with van der Waals surface area (Å²) < 4.78 is 0. The first-order chi connectivity index (χ1) is 14.5. The van der Waals surface area contributed by atoms with Gasteiger partial charge in [-0.25, -0.2) is 0 Å². The number of carbonyl (C=O) groups is 1. The summed E-state index contributed by atoms with van der Waals surface area (Å²) >= 11 is 0. The summed E-state index contributed by atoms with van der Waals surface area (Å²) in [6.45, 7) is 3.42. The first kappa shape index (κ1) is 21.1. The van der Waals surface area contributed by atoms with Gasteiger partial charge in [0.2, 0.25) is 0 Å². The molecule has 1 amide bonds. The van der Waals surface area contributed by atoms with Crippen LogP contribution < -0.4 is 10.2 Å². The maximum Gasteiger partial charge on any atom is 0.293 e. The molecule has 2 aromatic carbocycles. The number of hydrogen-bond acceptors (Lipinski definition) is 5. The van der Waals surface area contributed by atoms with E-state index < -0.39 is 10.8 Å². The summed E-state index contributed by atoms with van der Waals surface area (Å²) in [6.07, 6.45) is 4.54. The molecule has 0 spiro atoms. The van der Waals surface area contributed by atoms with Crippen LogP contribution in [0.25, 0.3) is 6.08 Å². The molecule has 30 heavy (non-hydrogen) atoms. The van der Waals surface area contributed by atoms with Crippen LogP contribution in [-0.2, 0) is 4.79 Å². The first-order valence-electron chi connectivity index (χ1n) is 10.0. The number of anilines is 1. The van der Waals surface area contributed by atoms with E-state index >= 15 is 0 Å². The normalized spacial score (nSPS) is 15.2. The number of piperidine rings is 1. The number of rotatable bonds is 6. The Morgan fingerprint density at radius 1 is 1.20 bits per heavy atom. The molecule has 7 heteroatoms. The second kappa shape index (κ2) is 9.70. The van der Waals surface area contributed by atoms with Crippen LogP contribution in [0.5, 0.6) is 0 Å². The highest BCUT2D eigenvalue weighted by molar-refractivity contribution is 6.02. The minimum absolute atomic E-state index is 0.0130. The molecular formula is C23H24N4O3. The standard InChI is InChI=1S/C23H24N4O3/c1-17(19-8-4-2-5-9-19)25-23(28)20(16-24)14-18-10-11-21(22(15-18)27(29)30)26-12-6-3-7-13-26/h2,4-5,8-11,14-15,17H,3,6-7,12-13H2,1H3,(H,25,28)/b20-14+/t17-/m0/s1. The van der Waals surface area contributed by atoms with Crippen LogP contribution >= 0.6 is 0 Å². The number of carbonyl (C=O) groups excluding carboxylic acids is 1. The lowest BCUT2D eigenvalue weighted by atomic mass is 10.1. The van der Waals surface area contributed by atoms with Gasteiger partial charge in [-0.2, -0.15) is 5.26 Å². The molecule has 0 aromatic heterocycles. The number of nitrogens with one attached hydrogen (secondary N) is 1. The van der Waals surface area contributed by atoms with Crippen molar-refractivity contribution < 1.29 is 9.72 Å². The lowest BCUT2D eigenvalue weighted by molar-refractivity contribution is -0.384. The Kier molecular flexibility index (Phi) is 6.81. The van der Waals surface area contributed by atoms with Crippen LogP contribution in [0.3, 0.4) is 0 Å². The second-order valence-electron chi connectivity index (χ2n) is 7.33. The van der Waals surface area contributed by atoms with Crippen molar-refractivity contribution in [1.29, 1.82) is 5.26 Å². The van der Waals surface area contributed by atoms with Gasteiger partial charge in [-0.15, -0.1) is 0 Å².